The predicted molar refractivity (Wildman–Crippen MR) is 70.3 cm³/mol. The van der Waals surface area contributed by atoms with E-state index in [4.69, 9.17) is 4.74 Å². The Kier molecular flexibility index (Phi) is 3.66. The van der Waals surface area contributed by atoms with Crippen LogP contribution in [0.15, 0.2) is 18.2 Å². The van der Waals surface area contributed by atoms with Gasteiger partial charge in [0.15, 0.2) is 0 Å². The summed E-state index contributed by atoms with van der Waals surface area (Å²) in [5.74, 6) is -0.761. The van der Waals surface area contributed by atoms with Crippen LogP contribution in [0, 0.1) is 0 Å². The zero-order chi connectivity index (χ0) is 14.0. The average molecular weight is 265 g/mol. The lowest BCUT2D eigenvalue weighted by Gasteiger charge is -2.39. The van der Waals surface area contributed by atoms with Gasteiger partial charge in [0.05, 0.1) is 5.60 Å². The van der Waals surface area contributed by atoms with Crippen LogP contribution in [0.2, 0.25) is 0 Å². The number of likely N-dealkylation sites (tertiary alicyclic amines) is 1. The first-order valence-corrected chi connectivity index (χ1v) is 6.32. The van der Waals surface area contributed by atoms with E-state index in [9.17, 15) is 15.0 Å². The number of nitrogens with zero attached hydrogens (tertiary/aromatic N) is 1. The fourth-order valence-electron chi connectivity index (χ4n) is 2.45. The van der Waals surface area contributed by atoms with Crippen LogP contribution in [0.4, 0.5) is 0 Å². The maximum Gasteiger partial charge on any atom is 0.261 e. The number of hydrogen-bond acceptors (Lipinski definition) is 4. The van der Waals surface area contributed by atoms with Gasteiger partial charge in [-0.05, 0) is 31.9 Å². The molecule has 0 aliphatic carbocycles. The largest absolute Gasteiger partial charge is 0.507 e. The van der Waals surface area contributed by atoms with Gasteiger partial charge in [-0.1, -0.05) is 6.07 Å². The van der Waals surface area contributed by atoms with Crippen molar-refractivity contribution < 1.29 is 19.7 Å². The van der Waals surface area contributed by atoms with Gasteiger partial charge in [0.1, 0.15) is 17.1 Å². The van der Waals surface area contributed by atoms with Crippen molar-refractivity contribution in [3.8, 4) is 11.5 Å². The van der Waals surface area contributed by atoms with Crippen LogP contribution in [-0.2, 0) is 4.74 Å². The molecule has 0 spiro atoms. The highest BCUT2D eigenvalue weighted by Gasteiger charge is 2.34. The Morgan fingerprint density at radius 1 is 1.37 bits per heavy atom. The summed E-state index contributed by atoms with van der Waals surface area (Å²) in [5.41, 5.74) is -0.406. The van der Waals surface area contributed by atoms with Gasteiger partial charge in [-0.15, -0.1) is 0 Å². The number of benzene rings is 1. The molecule has 1 aromatic rings. The molecule has 1 amide bonds. The van der Waals surface area contributed by atoms with Crippen LogP contribution in [-0.4, -0.2) is 46.8 Å². The van der Waals surface area contributed by atoms with E-state index in [1.54, 1.807) is 12.0 Å². The molecule has 1 unspecified atom stereocenters. The molecule has 0 aromatic heterocycles. The van der Waals surface area contributed by atoms with Crippen molar-refractivity contribution in [2.45, 2.75) is 25.4 Å². The molecule has 2 N–H and O–H groups in total. The number of aromatic hydroxyl groups is 2. The highest BCUT2D eigenvalue weighted by atomic mass is 16.5. The standard InChI is InChI=1S/C14H19NO4/c1-14(19-2)7-4-8-15(9-14)13(18)12-10(16)5-3-6-11(12)17/h3,5-6,16-17H,4,7-9H2,1-2H3. The van der Waals surface area contributed by atoms with E-state index in [2.05, 4.69) is 0 Å². The molecule has 19 heavy (non-hydrogen) atoms. The number of ether oxygens (including phenoxy) is 1. The molecule has 0 bridgehead atoms. The summed E-state index contributed by atoms with van der Waals surface area (Å²) >= 11 is 0. The van der Waals surface area contributed by atoms with Gasteiger partial charge in [-0.25, -0.2) is 0 Å². The van der Waals surface area contributed by atoms with Gasteiger partial charge in [-0.3, -0.25) is 4.79 Å². The number of phenols is 2. The summed E-state index contributed by atoms with van der Waals surface area (Å²) in [6.45, 7) is 3.01. The van der Waals surface area contributed by atoms with Gasteiger partial charge < -0.3 is 19.8 Å². The number of carbonyl (C=O) groups is 1. The number of hydrogen-bond donors (Lipinski definition) is 2. The van der Waals surface area contributed by atoms with Crippen molar-refractivity contribution in [1.82, 2.24) is 4.90 Å². The first-order valence-electron chi connectivity index (χ1n) is 6.32. The first-order chi connectivity index (χ1) is 8.97. The molecule has 104 valence electrons. The van der Waals surface area contributed by atoms with E-state index < -0.39 is 0 Å². The third-order valence-corrected chi connectivity index (χ3v) is 3.67. The van der Waals surface area contributed by atoms with Crippen molar-refractivity contribution >= 4 is 5.91 Å². The summed E-state index contributed by atoms with van der Waals surface area (Å²) in [6, 6.07) is 4.29. The molecule has 0 radical (unpaired) electrons. The van der Waals surface area contributed by atoms with Gasteiger partial charge >= 0.3 is 0 Å². The number of carbonyl (C=O) groups excluding carboxylic acids is 1. The van der Waals surface area contributed by atoms with Crippen molar-refractivity contribution in [3.63, 3.8) is 0 Å². The number of amides is 1. The topological polar surface area (TPSA) is 70.0 Å². The van der Waals surface area contributed by atoms with Gasteiger partial charge in [0, 0.05) is 20.2 Å². The lowest BCUT2D eigenvalue weighted by atomic mass is 9.94. The van der Waals surface area contributed by atoms with Crippen LogP contribution in [0.3, 0.4) is 0 Å². The monoisotopic (exact) mass is 265 g/mol. The summed E-state index contributed by atoms with van der Waals surface area (Å²) in [7, 11) is 1.63. The second kappa shape index (κ2) is 5.09. The smallest absolute Gasteiger partial charge is 0.261 e. The minimum absolute atomic E-state index is 0.0390. The fraction of sp³-hybridized carbons (Fsp3) is 0.500. The Morgan fingerprint density at radius 2 is 2.00 bits per heavy atom. The molecule has 1 saturated heterocycles. The highest BCUT2D eigenvalue weighted by Crippen LogP contribution is 2.31. The number of rotatable bonds is 2. The molecule has 5 nitrogen and oxygen atoms in total. The number of phenolic OH excluding ortho intramolecular Hbond substituents is 2. The Labute approximate surface area is 112 Å². The van der Waals surface area contributed by atoms with Gasteiger partial charge in [-0.2, -0.15) is 0 Å². The Morgan fingerprint density at radius 3 is 2.58 bits per heavy atom. The Bertz CT molecular complexity index is 468. The number of piperidine rings is 1. The summed E-state index contributed by atoms with van der Waals surface area (Å²) < 4.78 is 5.44. The van der Waals surface area contributed by atoms with Crippen molar-refractivity contribution in [2.24, 2.45) is 0 Å². The van der Waals surface area contributed by atoms with Gasteiger partial charge in [0.25, 0.3) is 5.91 Å². The van der Waals surface area contributed by atoms with Crippen LogP contribution in [0.1, 0.15) is 30.1 Å². The zero-order valence-electron chi connectivity index (χ0n) is 11.2. The maximum absolute atomic E-state index is 12.4. The zero-order valence-corrected chi connectivity index (χ0v) is 11.2. The van der Waals surface area contributed by atoms with E-state index >= 15 is 0 Å². The van der Waals surface area contributed by atoms with Gasteiger partial charge in [0.2, 0.25) is 0 Å². The molecule has 1 fully saturated rings. The third kappa shape index (κ3) is 2.66. The molecule has 5 heteroatoms. The summed E-state index contributed by atoms with van der Waals surface area (Å²) in [5, 5.41) is 19.5. The summed E-state index contributed by atoms with van der Waals surface area (Å²) in [4.78, 5) is 14.0. The maximum atomic E-state index is 12.4. The SMILES string of the molecule is COC1(C)CCCN(C(=O)c2c(O)cccc2O)C1. The lowest BCUT2D eigenvalue weighted by molar-refractivity contribution is -0.0441. The average Bonchev–Trinajstić information content (AvgIpc) is 2.38. The summed E-state index contributed by atoms with van der Waals surface area (Å²) in [6.07, 6.45) is 1.73. The quantitative estimate of drug-likeness (QED) is 0.854. The van der Waals surface area contributed by atoms with Crippen LogP contribution >= 0.6 is 0 Å². The van der Waals surface area contributed by atoms with E-state index in [1.807, 2.05) is 6.92 Å². The minimum Gasteiger partial charge on any atom is -0.507 e. The van der Waals surface area contributed by atoms with Crippen LogP contribution < -0.4 is 0 Å². The molecule has 1 aliphatic heterocycles. The van der Waals surface area contributed by atoms with E-state index in [-0.39, 0.29) is 28.6 Å². The van der Waals surface area contributed by atoms with E-state index in [1.165, 1.54) is 18.2 Å². The molecule has 0 saturated carbocycles. The fourth-order valence-corrected chi connectivity index (χ4v) is 2.45. The molecule has 1 aromatic carbocycles. The number of methoxy groups -OCH3 is 1. The van der Waals surface area contributed by atoms with E-state index in [0.717, 1.165) is 12.8 Å². The van der Waals surface area contributed by atoms with Crippen molar-refractivity contribution in [2.75, 3.05) is 20.2 Å². The molecular formula is C14H19NO4. The molecule has 1 aliphatic rings. The molecule has 1 heterocycles. The second-order valence-electron chi connectivity index (χ2n) is 5.16. The first kappa shape index (κ1) is 13.7. The third-order valence-electron chi connectivity index (χ3n) is 3.67. The van der Waals surface area contributed by atoms with Crippen molar-refractivity contribution in [3.05, 3.63) is 23.8 Å². The Hall–Kier alpha value is -1.75. The van der Waals surface area contributed by atoms with Crippen molar-refractivity contribution in [1.29, 1.82) is 0 Å². The predicted octanol–water partition coefficient (Wildman–Crippen LogP) is 1.74. The molecular weight excluding hydrogens is 246 g/mol. The second-order valence-corrected chi connectivity index (χ2v) is 5.16. The lowest BCUT2D eigenvalue weighted by Crippen LogP contribution is -2.49. The van der Waals surface area contributed by atoms with Crippen LogP contribution in [0.5, 0.6) is 11.5 Å². The molecule has 2 rings (SSSR count). The highest BCUT2D eigenvalue weighted by molar-refractivity contribution is 5.99. The normalized spacial score (nSPS) is 23.4. The minimum atomic E-state index is -0.367. The molecule has 1 atom stereocenters. The van der Waals surface area contributed by atoms with E-state index in [0.29, 0.717) is 13.1 Å². The van der Waals surface area contributed by atoms with Crippen LogP contribution in [0.25, 0.3) is 0 Å². The Balaban J connectivity index is 2.25.